The summed E-state index contributed by atoms with van der Waals surface area (Å²) in [4.78, 5) is 34.9. The van der Waals surface area contributed by atoms with Crippen molar-refractivity contribution in [2.45, 2.75) is 33.1 Å². The molecule has 0 radical (unpaired) electrons. The second-order valence-corrected chi connectivity index (χ2v) is 9.36. The number of aromatic nitrogens is 4. The van der Waals surface area contributed by atoms with E-state index in [4.69, 9.17) is 24.3 Å². The number of aromatic amines is 1. The van der Waals surface area contributed by atoms with E-state index in [1.54, 1.807) is 44.2 Å². The number of fused-ring (bicyclic) bond motifs is 1. The Hall–Kier alpha value is -3.05. The average molecular weight is 493 g/mol. The molecule has 0 fully saturated rings. The highest BCUT2D eigenvalue weighted by atomic mass is 31.2. The van der Waals surface area contributed by atoms with Crippen molar-refractivity contribution in [3.05, 3.63) is 52.6 Å². The summed E-state index contributed by atoms with van der Waals surface area (Å²) in [7, 11) is -3.33. The Morgan fingerprint density at radius 1 is 1.21 bits per heavy atom. The van der Waals surface area contributed by atoms with Crippen molar-refractivity contribution < 1.29 is 27.9 Å². The Bertz CT molecular complexity index is 1190. The minimum atomic E-state index is -3.33. The lowest BCUT2D eigenvalue weighted by Crippen LogP contribution is -2.25. The molecule has 0 unspecified atom stereocenters. The summed E-state index contributed by atoms with van der Waals surface area (Å²) in [5.74, 6) is -0.567. The molecule has 0 amide bonds. The maximum atomic E-state index is 12.9. The maximum Gasteiger partial charge on any atom is 0.338 e. The van der Waals surface area contributed by atoms with Gasteiger partial charge in [-0.2, -0.15) is 4.98 Å². The fraction of sp³-hybridized carbons (Fsp3) is 0.429. The van der Waals surface area contributed by atoms with Crippen molar-refractivity contribution in [3.63, 3.8) is 0 Å². The predicted molar refractivity (Wildman–Crippen MR) is 125 cm³/mol. The van der Waals surface area contributed by atoms with Crippen molar-refractivity contribution in [2.75, 3.05) is 31.7 Å². The van der Waals surface area contributed by atoms with Crippen LogP contribution in [0.25, 0.3) is 11.2 Å². The first kappa shape index (κ1) is 25.6. The number of nitrogens with zero attached hydrogens (tertiary/aromatic N) is 3. The van der Waals surface area contributed by atoms with E-state index >= 15 is 0 Å². The molecule has 0 aliphatic heterocycles. The molecule has 0 bridgehead atoms. The van der Waals surface area contributed by atoms with Crippen LogP contribution in [0.15, 0.2) is 41.5 Å². The third-order valence-corrected chi connectivity index (χ3v) is 6.84. The van der Waals surface area contributed by atoms with Gasteiger partial charge in [0.2, 0.25) is 5.95 Å². The minimum Gasteiger partial charge on any atom is -0.459 e. The predicted octanol–water partition coefficient (Wildman–Crippen LogP) is 2.56. The molecule has 2 aromatic heterocycles. The van der Waals surface area contributed by atoms with E-state index in [2.05, 4.69) is 15.0 Å². The molecule has 12 nitrogen and oxygen atoms in total. The highest BCUT2D eigenvalue weighted by molar-refractivity contribution is 7.53. The molecule has 184 valence electrons. The molecule has 1 aromatic carbocycles. The van der Waals surface area contributed by atoms with Crippen LogP contribution >= 0.6 is 7.60 Å². The number of anilines is 1. The maximum absolute atomic E-state index is 12.9. The van der Waals surface area contributed by atoms with Gasteiger partial charge in [-0.25, -0.2) is 9.78 Å². The highest BCUT2D eigenvalue weighted by Crippen LogP contribution is 2.48. The molecule has 0 aliphatic carbocycles. The van der Waals surface area contributed by atoms with Gasteiger partial charge in [0.1, 0.15) is 13.3 Å². The first-order valence-corrected chi connectivity index (χ1v) is 12.5. The molecule has 3 aromatic rings. The Morgan fingerprint density at radius 2 is 1.91 bits per heavy atom. The molecular weight excluding hydrogens is 465 g/mol. The van der Waals surface area contributed by atoms with Crippen molar-refractivity contribution in [1.82, 2.24) is 19.5 Å². The minimum absolute atomic E-state index is 0.0537. The Kier molecular flexibility index (Phi) is 8.94. The number of rotatable bonds is 13. The quantitative estimate of drug-likeness (QED) is 0.267. The number of hydrogen-bond acceptors (Lipinski definition) is 10. The van der Waals surface area contributed by atoms with E-state index < -0.39 is 25.2 Å². The van der Waals surface area contributed by atoms with Crippen LogP contribution in [0, 0.1) is 0 Å². The van der Waals surface area contributed by atoms with Crippen molar-refractivity contribution in [2.24, 2.45) is 0 Å². The second kappa shape index (κ2) is 11.9. The molecule has 3 rings (SSSR count). The van der Waals surface area contributed by atoms with Crippen LogP contribution in [0.1, 0.15) is 30.6 Å². The monoisotopic (exact) mass is 493 g/mol. The van der Waals surface area contributed by atoms with Crippen LogP contribution in [-0.2, 0) is 29.8 Å². The summed E-state index contributed by atoms with van der Waals surface area (Å²) in [6, 6.07) is 8.54. The lowest BCUT2D eigenvalue weighted by molar-refractivity contribution is -0.0350. The summed E-state index contributed by atoms with van der Waals surface area (Å²) in [6.07, 6.45) is 1.03. The number of H-pyrrole nitrogens is 1. The van der Waals surface area contributed by atoms with E-state index in [0.717, 1.165) is 0 Å². The van der Waals surface area contributed by atoms with Crippen LogP contribution < -0.4 is 11.3 Å². The van der Waals surface area contributed by atoms with E-state index in [-0.39, 0.29) is 56.2 Å². The number of nitrogens with one attached hydrogen (secondary N) is 1. The Balaban J connectivity index is 1.72. The zero-order valence-electron chi connectivity index (χ0n) is 19.0. The number of hydrogen-bond donors (Lipinski definition) is 2. The van der Waals surface area contributed by atoms with Crippen molar-refractivity contribution >= 4 is 30.7 Å². The van der Waals surface area contributed by atoms with Crippen LogP contribution in [0.2, 0.25) is 0 Å². The molecule has 34 heavy (non-hydrogen) atoms. The molecule has 2 heterocycles. The SMILES string of the molecule is CCOP(=O)(CC[C@H](COC(=O)c1ccccc1)OCn1cnc2c(=O)[nH]c(N)nc21)OCC. The molecule has 0 saturated carbocycles. The van der Waals surface area contributed by atoms with E-state index in [0.29, 0.717) is 5.56 Å². The van der Waals surface area contributed by atoms with Gasteiger partial charge in [0, 0.05) is 0 Å². The average Bonchev–Trinajstić information content (AvgIpc) is 3.22. The fourth-order valence-electron chi connectivity index (χ4n) is 3.15. The summed E-state index contributed by atoms with van der Waals surface area (Å²) < 4.78 is 36.4. The summed E-state index contributed by atoms with van der Waals surface area (Å²) in [5.41, 5.74) is 5.92. The van der Waals surface area contributed by atoms with Crippen LogP contribution in [0.3, 0.4) is 0 Å². The third-order valence-electron chi connectivity index (χ3n) is 4.73. The Morgan fingerprint density at radius 3 is 2.59 bits per heavy atom. The molecule has 3 N–H and O–H groups in total. The number of nitrogens with two attached hydrogens (primary N) is 1. The first-order chi connectivity index (χ1) is 16.3. The molecule has 13 heteroatoms. The van der Waals surface area contributed by atoms with Gasteiger partial charge >= 0.3 is 13.6 Å². The van der Waals surface area contributed by atoms with Gasteiger partial charge in [-0.15, -0.1) is 0 Å². The number of carbonyl (C=O) groups excluding carboxylic acids is 1. The number of esters is 1. The van der Waals surface area contributed by atoms with Crippen molar-refractivity contribution in [1.29, 1.82) is 0 Å². The number of carbonyl (C=O) groups is 1. The van der Waals surface area contributed by atoms with E-state index in [1.165, 1.54) is 10.9 Å². The van der Waals surface area contributed by atoms with Crippen LogP contribution in [0.5, 0.6) is 0 Å². The van der Waals surface area contributed by atoms with Gasteiger partial charge in [-0.3, -0.25) is 18.9 Å². The molecule has 1 atom stereocenters. The van der Waals surface area contributed by atoms with Gasteiger partial charge in [-0.05, 0) is 32.4 Å². The van der Waals surface area contributed by atoms with E-state index in [9.17, 15) is 14.2 Å². The molecule has 0 aliphatic rings. The lowest BCUT2D eigenvalue weighted by Gasteiger charge is -2.22. The second-order valence-electron chi connectivity index (χ2n) is 7.18. The Labute approximate surface area is 195 Å². The summed E-state index contributed by atoms with van der Waals surface area (Å²) >= 11 is 0. The molecular formula is C21H28N5O7P. The lowest BCUT2D eigenvalue weighted by atomic mass is 10.2. The third kappa shape index (κ3) is 6.73. The topological polar surface area (TPSA) is 161 Å². The zero-order chi connectivity index (χ0) is 24.6. The zero-order valence-corrected chi connectivity index (χ0v) is 19.9. The number of benzene rings is 1. The van der Waals surface area contributed by atoms with Gasteiger partial charge in [0.25, 0.3) is 5.56 Å². The number of ether oxygens (including phenoxy) is 2. The van der Waals surface area contributed by atoms with Gasteiger partial charge in [0.15, 0.2) is 11.2 Å². The summed E-state index contributed by atoms with van der Waals surface area (Å²) in [6.45, 7) is 3.75. The highest BCUT2D eigenvalue weighted by Gasteiger charge is 2.26. The van der Waals surface area contributed by atoms with Gasteiger partial charge in [0.05, 0.1) is 37.4 Å². The largest absolute Gasteiger partial charge is 0.459 e. The van der Waals surface area contributed by atoms with Gasteiger partial charge in [-0.1, -0.05) is 18.2 Å². The standard InChI is InChI=1S/C21H28N5O7P/c1-3-32-34(29,33-4-2)11-10-16(12-30-20(28)15-8-6-5-7-9-15)31-14-26-13-23-17-18(26)24-21(22)25-19(17)27/h5-9,13,16H,3-4,10-12,14H2,1-2H3,(H3,22,24,25,27)/t16-/m1/s1. The number of imidazole rings is 1. The molecule has 0 saturated heterocycles. The normalized spacial score (nSPS) is 12.6. The molecule has 0 spiro atoms. The van der Waals surface area contributed by atoms with Crippen molar-refractivity contribution in [3.8, 4) is 0 Å². The van der Waals surface area contributed by atoms with Gasteiger partial charge < -0.3 is 24.3 Å². The van der Waals surface area contributed by atoms with Crippen LogP contribution in [-0.4, -0.2) is 57.6 Å². The smallest absolute Gasteiger partial charge is 0.338 e. The first-order valence-electron chi connectivity index (χ1n) is 10.8. The number of nitrogen functional groups attached to an aromatic ring is 1. The fourth-order valence-corrected chi connectivity index (χ4v) is 4.88. The van der Waals surface area contributed by atoms with Crippen LogP contribution in [0.4, 0.5) is 5.95 Å². The summed E-state index contributed by atoms with van der Waals surface area (Å²) in [5, 5.41) is 0. The van der Waals surface area contributed by atoms with E-state index in [1.807, 2.05) is 0 Å².